The van der Waals surface area contributed by atoms with Gasteiger partial charge in [0, 0.05) is 24.9 Å². The predicted octanol–water partition coefficient (Wildman–Crippen LogP) is 1.14. The average molecular weight is 271 g/mol. The van der Waals surface area contributed by atoms with Gasteiger partial charge in [-0.15, -0.1) is 0 Å². The second kappa shape index (κ2) is 6.16. The van der Waals surface area contributed by atoms with Crippen LogP contribution in [0.3, 0.4) is 0 Å². The molecule has 0 saturated heterocycles. The molecule has 0 saturated carbocycles. The number of amides is 1. The van der Waals surface area contributed by atoms with Crippen LogP contribution in [-0.2, 0) is 13.5 Å². The Balaban J connectivity index is 2.11. The van der Waals surface area contributed by atoms with E-state index in [0.29, 0.717) is 17.8 Å². The van der Waals surface area contributed by atoms with Crippen LogP contribution in [0.15, 0.2) is 47.4 Å². The number of rotatable bonds is 4. The summed E-state index contributed by atoms with van der Waals surface area (Å²) in [5.41, 5.74) is 7.62. The van der Waals surface area contributed by atoms with Gasteiger partial charge in [-0.1, -0.05) is 12.1 Å². The number of hydrogen-bond donors (Lipinski definition) is 2. The van der Waals surface area contributed by atoms with Crippen molar-refractivity contribution in [1.29, 1.82) is 0 Å². The largest absolute Gasteiger partial charge is 0.330 e. The zero-order valence-corrected chi connectivity index (χ0v) is 11.3. The summed E-state index contributed by atoms with van der Waals surface area (Å²) in [6.45, 7) is 0.587. The maximum absolute atomic E-state index is 12.1. The fraction of sp³-hybridized carbons (Fsp3) is 0.200. The third kappa shape index (κ3) is 3.33. The van der Waals surface area contributed by atoms with Crippen molar-refractivity contribution in [2.24, 2.45) is 12.8 Å². The number of hydrogen-bond acceptors (Lipinski definition) is 3. The Kier molecular flexibility index (Phi) is 4.32. The van der Waals surface area contributed by atoms with Crippen molar-refractivity contribution < 1.29 is 4.79 Å². The van der Waals surface area contributed by atoms with Crippen molar-refractivity contribution in [3.8, 4) is 0 Å². The van der Waals surface area contributed by atoms with Crippen LogP contribution in [0, 0.1) is 0 Å². The number of anilines is 1. The van der Waals surface area contributed by atoms with Gasteiger partial charge in [0.05, 0.1) is 5.69 Å². The number of nitrogens with zero attached hydrogens (tertiary/aromatic N) is 1. The minimum absolute atomic E-state index is 0.117. The summed E-state index contributed by atoms with van der Waals surface area (Å²) in [5, 5.41) is 2.75. The molecule has 0 aliphatic heterocycles. The normalized spacial score (nSPS) is 10.3. The van der Waals surface area contributed by atoms with Gasteiger partial charge in [0.15, 0.2) is 0 Å². The molecule has 0 fully saturated rings. The first-order chi connectivity index (χ1) is 9.60. The van der Waals surface area contributed by atoms with E-state index in [4.69, 9.17) is 5.73 Å². The fourth-order valence-electron chi connectivity index (χ4n) is 1.86. The second-order valence-electron chi connectivity index (χ2n) is 4.56. The van der Waals surface area contributed by atoms with Gasteiger partial charge < -0.3 is 15.6 Å². The lowest BCUT2D eigenvalue weighted by atomic mass is 10.1. The molecule has 1 aromatic carbocycles. The first-order valence-electron chi connectivity index (χ1n) is 6.37. The molecular formula is C15H17N3O2. The van der Waals surface area contributed by atoms with Crippen LogP contribution in [0.4, 0.5) is 5.69 Å². The van der Waals surface area contributed by atoms with Gasteiger partial charge in [-0.2, -0.15) is 0 Å². The maximum atomic E-state index is 12.1. The van der Waals surface area contributed by atoms with Crippen molar-refractivity contribution in [3.05, 3.63) is 64.1 Å². The Labute approximate surface area is 117 Å². The predicted molar refractivity (Wildman–Crippen MR) is 78.8 cm³/mol. The van der Waals surface area contributed by atoms with Crippen molar-refractivity contribution >= 4 is 11.6 Å². The van der Waals surface area contributed by atoms with E-state index in [1.807, 2.05) is 12.1 Å². The molecule has 0 unspecified atom stereocenters. The molecule has 20 heavy (non-hydrogen) atoms. The SMILES string of the molecule is Cn1cc(NC(=O)c2ccc(CCN)cc2)ccc1=O. The van der Waals surface area contributed by atoms with Crippen molar-refractivity contribution in [2.75, 3.05) is 11.9 Å². The van der Waals surface area contributed by atoms with Crippen LogP contribution in [0.5, 0.6) is 0 Å². The topological polar surface area (TPSA) is 77.1 Å². The van der Waals surface area contributed by atoms with Crippen molar-refractivity contribution in [2.45, 2.75) is 6.42 Å². The highest BCUT2D eigenvalue weighted by molar-refractivity contribution is 6.04. The van der Waals surface area contributed by atoms with E-state index < -0.39 is 0 Å². The van der Waals surface area contributed by atoms with Crippen LogP contribution < -0.4 is 16.6 Å². The van der Waals surface area contributed by atoms with Crippen molar-refractivity contribution in [1.82, 2.24) is 4.57 Å². The third-order valence-corrected chi connectivity index (χ3v) is 2.99. The van der Waals surface area contributed by atoms with Gasteiger partial charge in [-0.3, -0.25) is 9.59 Å². The smallest absolute Gasteiger partial charge is 0.255 e. The Bertz CT molecular complexity index is 660. The molecule has 5 nitrogen and oxygen atoms in total. The zero-order chi connectivity index (χ0) is 14.5. The van der Waals surface area contributed by atoms with E-state index in [-0.39, 0.29) is 11.5 Å². The Morgan fingerprint density at radius 3 is 2.50 bits per heavy atom. The molecule has 0 radical (unpaired) electrons. The number of pyridine rings is 1. The highest BCUT2D eigenvalue weighted by atomic mass is 16.1. The summed E-state index contributed by atoms with van der Waals surface area (Å²) < 4.78 is 1.42. The number of aromatic nitrogens is 1. The first-order valence-corrected chi connectivity index (χ1v) is 6.37. The van der Waals surface area contributed by atoms with E-state index in [2.05, 4.69) is 5.32 Å². The highest BCUT2D eigenvalue weighted by Gasteiger charge is 2.06. The second-order valence-corrected chi connectivity index (χ2v) is 4.56. The molecule has 0 atom stereocenters. The number of carbonyl (C=O) groups is 1. The van der Waals surface area contributed by atoms with E-state index in [9.17, 15) is 9.59 Å². The van der Waals surface area contributed by atoms with Crippen LogP contribution in [0.1, 0.15) is 15.9 Å². The molecule has 0 spiro atoms. The molecule has 1 aromatic heterocycles. The number of aryl methyl sites for hydroxylation is 1. The van der Waals surface area contributed by atoms with E-state index >= 15 is 0 Å². The third-order valence-electron chi connectivity index (χ3n) is 2.99. The standard InChI is InChI=1S/C15H17N3O2/c1-18-10-13(6-7-14(18)19)17-15(20)12-4-2-11(3-5-12)8-9-16/h2-7,10H,8-9,16H2,1H3,(H,17,20). The van der Waals surface area contributed by atoms with Gasteiger partial charge in [-0.25, -0.2) is 0 Å². The van der Waals surface area contributed by atoms with Gasteiger partial charge in [0.1, 0.15) is 0 Å². The molecule has 2 aromatic rings. The molecule has 0 aliphatic carbocycles. The monoisotopic (exact) mass is 271 g/mol. The van der Waals surface area contributed by atoms with E-state index in [0.717, 1.165) is 12.0 Å². The molecule has 0 bridgehead atoms. The fourth-order valence-corrected chi connectivity index (χ4v) is 1.86. The molecule has 3 N–H and O–H groups in total. The molecule has 5 heteroatoms. The lowest BCUT2D eigenvalue weighted by molar-refractivity contribution is 0.102. The van der Waals surface area contributed by atoms with Gasteiger partial charge in [0.2, 0.25) is 5.56 Å². The van der Waals surface area contributed by atoms with E-state index in [1.165, 1.54) is 10.6 Å². The molecular weight excluding hydrogens is 254 g/mol. The molecule has 1 amide bonds. The Hall–Kier alpha value is -2.40. The number of benzene rings is 1. The number of nitrogens with two attached hydrogens (primary N) is 1. The van der Waals surface area contributed by atoms with Crippen LogP contribution in [-0.4, -0.2) is 17.0 Å². The molecule has 0 aliphatic rings. The first kappa shape index (κ1) is 14.0. The maximum Gasteiger partial charge on any atom is 0.255 e. The quantitative estimate of drug-likeness (QED) is 0.875. The van der Waals surface area contributed by atoms with Crippen molar-refractivity contribution in [3.63, 3.8) is 0 Å². The van der Waals surface area contributed by atoms with Crippen LogP contribution in [0.2, 0.25) is 0 Å². The summed E-state index contributed by atoms with van der Waals surface area (Å²) >= 11 is 0. The Morgan fingerprint density at radius 2 is 1.90 bits per heavy atom. The van der Waals surface area contributed by atoms with Gasteiger partial charge >= 0.3 is 0 Å². The highest BCUT2D eigenvalue weighted by Crippen LogP contribution is 2.09. The molecule has 104 valence electrons. The summed E-state index contributed by atoms with van der Waals surface area (Å²) in [5.74, 6) is -0.206. The lowest BCUT2D eigenvalue weighted by Crippen LogP contribution is -2.18. The average Bonchev–Trinajstić information content (AvgIpc) is 2.44. The lowest BCUT2D eigenvalue weighted by Gasteiger charge is -2.07. The molecule has 2 rings (SSSR count). The van der Waals surface area contributed by atoms with Crippen LogP contribution >= 0.6 is 0 Å². The Morgan fingerprint density at radius 1 is 1.20 bits per heavy atom. The summed E-state index contributed by atoms with van der Waals surface area (Å²) in [6, 6.07) is 10.3. The molecule has 1 heterocycles. The summed E-state index contributed by atoms with van der Waals surface area (Å²) in [7, 11) is 1.64. The number of carbonyl (C=O) groups excluding carboxylic acids is 1. The van der Waals surface area contributed by atoms with Crippen LogP contribution in [0.25, 0.3) is 0 Å². The zero-order valence-electron chi connectivity index (χ0n) is 11.3. The minimum atomic E-state index is -0.206. The van der Waals surface area contributed by atoms with Gasteiger partial charge in [0.25, 0.3) is 5.91 Å². The summed E-state index contributed by atoms with van der Waals surface area (Å²) in [4.78, 5) is 23.3. The minimum Gasteiger partial charge on any atom is -0.330 e. The summed E-state index contributed by atoms with van der Waals surface area (Å²) in [6.07, 6.45) is 2.38. The van der Waals surface area contributed by atoms with Gasteiger partial charge in [-0.05, 0) is 36.7 Å². The van der Waals surface area contributed by atoms with E-state index in [1.54, 1.807) is 31.4 Å². The number of nitrogens with one attached hydrogen (secondary N) is 1.